The largest absolute Gasteiger partial charge is 0.508 e. The Bertz CT molecular complexity index is 533. The molecule has 18 heavy (non-hydrogen) atoms. The molecular weight excluding hydrogens is 230 g/mol. The third-order valence-corrected chi connectivity index (χ3v) is 3.16. The lowest BCUT2D eigenvalue weighted by molar-refractivity contribution is 0.367. The van der Waals surface area contributed by atoms with Gasteiger partial charge in [0.2, 0.25) is 0 Å². The number of rotatable bonds is 2. The van der Waals surface area contributed by atoms with Crippen molar-refractivity contribution in [2.75, 3.05) is 6.54 Å². The predicted octanol–water partition coefficient (Wildman–Crippen LogP) is 2.26. The van der Waals surface area contributed by atoms with E-state index < -0.39 is 0 Å². The van der Waals surface area contributed by atoms with E-state index in [1.54, 1.807) is 18.2 Å². The average molecular weight is 245 g/mol. The van der Waals surface area contributed by atoms with Crippen LogP contribution in [0.5, 0.6) is 5.75 Å². The topological polar surface area (TPSA) is 71.2 Å². The summed E-state index contributed by atoms with van der Waals surface area (Å²) in [5.41, 5.74) is 0.740. The highest BCUT2D eigenvalue weighted by molar-refractivity contribution is 5.55. The minimum Gasteiger partial charge on any atom is -0.508 e. The Morgan fingerprint density at radius 2 is 2.28 bits per heavy atom. The van der Waals surface area contributed by atoms with Crippen LogP contribution in [0.1, 0.15) is 31.1 Å². The molecule has 0 spiro atoms. The highest BCUT2D eigenvalue weighted by atomic mass is 16.5. The van der Waals surface area contributed by atoms with E-state index in [1.807, 2.05) is 6.07 Å². The molecule has 1 fully saturated rings. The zero-order chi connectivity index (χ0) is 12.4. The van der Waals surface area contributed by atoms with Crippen molar-refractivity contribution in [2.24, 2.45) is 0 Å². The molecule has 5 heteroatoms. The Balaban J connectivity index is 1.84. The van der Waals surface area contributed by atoms with Crippen LogP contribution >= 0.6 is 0 Å². The number of nitrogens with one attached hydrogen (secondary N) is 1. The van der Waals surface area contributed by atoms with Crippen LogP contribution in [0.3, 0.4) is 0 Å². The second-order valence-electron chi connectivity index (χ2n) is 4.51. The van der Waals surface area contributed by atoms with Crippen molar-refractivity contribution in [3.8, 4) is 17.2 Å². The van der Waals surface area contributed by atoms with Gasteiger partial charge in [0.25, 0.3) is 5.89 Å². The van der Waals surface area contributed by atoms with Gasteiger partial charge in [-0.15, -0.1) is 0 Å². The van der Waals surface area contributed by atoms with Gasteiger partial charge in [-0.05, 0) is 37.6 Å². The number of hydrogen-bond acceptors (Lipinski definition) is 5. The summed E-state index contributed by atoms with van der Waals surface area (Å²) in [5, 5.41) is 16.8. The minimum atomic E-state index is 0.188. The van der Waals surface area contributed by atoms with Gasteiger partial charge in [0.15, 0.2) is 5.82 Å². The van der Waals surface area contributed by atoms with E-state index in [9.17, 15) is 5.11 Å². The van der Waals surface area contributed by atoms with Crippen molar-refractivity contribution < 1.29 is 9.63 Å². The minimum absolute atomic E-state index is 0.188. The third-order valence-electron chi connectivity index (χ3n) is 3.16. The molecule has 0 radical (unpaired) electrons. The number of benzene rings is 1. The molecular formula is C13H15N3O2. The molecule has 1 aromatic carbocycles. The summed E-state index contributed by atoms with van der Waals surface area (Å²) >= 11 is 0. The van der Waals surface area contributed by atoms with E-state index in [4.69, 9.17) is 4.52 Å². The van der Waals surface area contributed by atoms with Crippen LogP contribution in [0.15, 0.2) is 28.8 Å². The number of aromatic hydroxyl groups is 1. The normalized spacial score (nSPS) is 19.9. The summed E-state index contributed by atoms with van der Waals surface area (Å²) in [6, 6.07) is 7.02. The fourth-order valence-electron chi connectivity index (χ4n) is 2.20. The quantitative estimate of drug-likeness (QED) is 0.849. The lowest BCUT2D eigenvalue weighted by Crippen LogP contribution is -2.27. The first kappa shape index (κ1) is 11.2. The maximum Gasteiger partial charge on any atom is 0.258 e. The van der Waals surface area contributed by atoms with Gasteiger partial charge in [-0.3, -0.25) is 0 Å². The molecule has 2 aromatic rings. The van der Waals surface area contributed by atoms with Crippen molar-refractivity contribution in [2.45, 2.75) is 25.3 Å². The first-order valence-corrected chi connectivity index (χ1v) is 6.19. The number of aromatic nitrogens is 2. The molecule has 1 saturated heterocycles. The molecule has 1 unspecified atom stereocenters. The van der Waals surface area contributed by atoms with Crippen LogP contribution < -0.4 is 5.32 Å². The highest BCUT2D eigenvalue weighted by Gasteiger charge is 2.20. The molecule has 94 valence electrons. The lowest BCUT2D eigenvalue weighted by Gasteiger charge is -2.19. The highest BCUT2D eigenvalue weighted by Crippen LogP contribution is 2.25. The molecule has 5 nitrogen and oxygen atoms in total. The predicted molar refractivity (Wildman–Crippen MR) is 66.0 cm³/mol. The van der Waals surface area contributed by atoms with Gasteiger partial charge >= 0.3 is 0 Å². The fourth-order valence-corrected chi connectivity index (χ4v) is 2.20. The molecule has 0 saturated carbocycles. The number of piperidine rings is 1. The van der Waals surface area contributed by atoms with Crippen LogP contribution in [0.25, 0.3) is 11.5 Å². The van der Waals surface area contributed by atoms with Gasteiger partial charge in [0.1, 0.15) is 5.75 Å². The van der Waals surface area contributed by atoms with Crippen molar-refractivity contribution in [3.05, 3.63) is 30.1 Å². The average Bonchev–Trinajstić information content (AvgIpc) is 2.89. The zero-order valence-corrected chi connectivity index (χ0v) is 9.97. The third kappa shape index (κ3) is 2.22. The van der Waals surface area contributed by atoms with E-state index in [0.29, 0.717) is 11.7 Å². The van der Waals surface area contributed by atoms with Gasteiger partial charge in [-0.2, -0.15) is 4.98 Å². The number of nitrogens with zero attached hydrogens (tertiary/aromatic N) is 2. The monoisotopic (exact) mass is 245 g/mol. The molecule has 1 aliphatic rings. The molecule has 1 atom stereocenters. The fraction of sp³-hybridized carbons (Fsp3) is 0.385. The summed E-state index contributed by atoms with van der Waals surface area (Å²) in [6.45, 7) is 1.00. The van der Waals surface area contributed by atoms with Crippen molar-refractivity contribution in [3.63, 3.8) is 0 Å². The lowest BCUT2D eigenvalue weighted by atomic mass is 10.0. The molecule has 0 aliphatic carbocycles. The van der Waals surface area contributed by atoms with E-state index in [-0.39, 0.29) is 11.8 Å². The summed E-state index contributed by atoms with van der Waals surface area (Å²) in [7, 11) is 0. The number of phenols is 1. The van der Waals surface area contributed by atoms with Crippen LogP contribution in [0, 0.1) is 0 Å². The standard InChI is InChI=1S/C13H15N3O2/c17-10-5-3-4-9(8-10)13-15-12(16-18-13)11-6-1-2-7-14-11/h3-5,8,11,14,17H,1-2,6-7H2. The molecule has 2 heterocycles. The summed E-state index contributed by atoms with van der Waals surface area (Å²) in [4.78, 5) is 4.39. The van der Waals surface area contributed by atoms with Crippen molar-refractivity contribution in [1.82, 2.24) is 15.5 Å². The van der Waals surface area contributed by atoms with Gasteiger partial charge in [0.05, 0.1) is 6.04 Å². The van der Waals surface area contributed by atoms with Gasteiger partial charge < -0.3 is 14.9 Å². The molecule has 0 amide bonds. The maximum absolute atomic E-state index is 9.43. The van der Waals surface area contributed by atoms with Crippen molar-refractivity contribution in [1.29, 1.82) is 0 Å². The van der Waals surface area contributed by atoms with Gasteiger partial charge in [0, 0.05) is 5.56 Å². The van der Waals surface area contributed by atoms with Crippen molar-refractivity contribution >= 4 is 0 Å². The molecule has 1 aromatic heterocycles. The second kappa shape index (κ2) is 4.78. The van der Waals surface area contributed by atoms with Crippen LogP contribution in [0.2, 0.25) is 0 Å². The summed E-state index contributed by atoms with van der Waals surface area (Å²) < 4.78 is 5.25. The first-order chi connectivity index (χ1) is 8.83. The maximum atomic E-state index is 9.43. The Labute approximate surface area is 105 Å². The Kier molecular flexibility index (Phi) is 2.98. The molecule has 3 rings (SSSR count). The van der Waals surface area contributed by atoms with Gasteiger partial charge in [-0.1, -0.05) is 17.6 Å². The van der Waals surface area contributed by atoms with Crippen LogP contribution in [0.4, 0.5) is 0 Å². The van der Waals surface area contributed by atoms with Gasteiger partial charge in [-0.25, -0.2) is 0 Å². The Morgan fingerprint density at radius 3 is 3.06 bits per heavy atom. The van der Waals surface area contributed by atoms with E-state index in [2.05, 4.69) is 15.5 Å². The first-order valence-electron chi connectivity index (χ1n) is 6.19. The molecule has 0 bridgehead atoms. The van der Waals surface area contributed by atoms with E-state index in [0.717, 1.165) is 18.5 Å². The van der Waals surface area contributed by atoms with E-state index in [1.165, 1.54) is 12.8 Å². The molecule has 2 N–H and O–H groups in total. The Morgan fingerprint density at radius 1 is 1.33 bits per heavy atom. The van der Waals surface area contributed by atoms with Crippen LogP contribution in [-0.4, -0.2) is 21.8 Å². The SMILES string of the molecule is Oc1cccc(-c2nc(C3CCCCN3)no2)c1. The number of phenolic OH excluding ortho intramolecular Hbond substituents is 1. The summed E-state index contributed by atoms with van der Waals surface area (Å²) in [6.07, 6.45) is 3.43. The molecule has 1 aliphatic heterocycles. The second-order valence-corrected chi connectivity index (χ2v) is 4.51. The van der Waals surface area contributed by atoms with E-state index >= 15 is 0 Å². The van der Waals surface area contributed by atoms with Crippen LogP contribution in [-0.2, 0) is 0 Å². The summed E-state index contributed by atoms with van der Waals surface area (Å²) in [5.74, 6) is 1.35. The zero-order valence-electron chi connectivity index (χ0n) is 9.97. The smallest absolute Gasteiger partial charge is 0.258 e. The number of hydrogen-bond donors (Lipinski definition) is 2. The Hall–Kier alpha value is -1.88.